The first-order valence-corrected chi connectivity index (χ1v) is 9.18. The van der Waals surface area contributed by atoms with Crippen LogP contribution < -0.4 is 5.32 Å². The van der Waals surface area contributed by atoms with E-state index in [1.807, 2.05) is 0 Å². The lowest BCUT2D eigenvalue weighted by molar-refractivity contribution is -0.176. The molecule has 2 heterocycles. The van der Waals surface area contributed by atoms with Gasteiger partial charge in [0.05, 0.1) is 5.37 Å². The highest BCUT2D eigenvalue weighted by Gasteiger charge is 2.55. The zero-order chi connectivity index (χ0) is 19.9. The summed E-state index contributed by atoms with van der Waals surface area (Å²) in [7, 11) is 0. The summed E-state index contributed by atoms with van der Waals surface area (Å²) in [4.78, 5) is 37.2. The van der Waals surface area contributed by atoms with Gasteiger partial charge in [0.15, 0.2) is 0 Å². The number of carboxylic acids is 1. The van der Waals surface area contributed by atoms with Crippen molar-refractivity contribution in [2.75, 3.05) is 0 Å². The van der Waals surface area contributed by atoms with Crippen LogP contribution in [0.3, 0.4) is 0 Å². The Balaban J connectivity index is 1.98. The third-order valence-corrected chi connectivity index (χ3v) is 6.25. The number of carboxylic acid groups (broad SMARTS) is 1. The molecule has 2 saturated heterocycles. The van der Waals surface area contributed by atoms with Crippen LogP contribution in [0.2, 0.25) is 0 Å². The van der Waals surface area contributed by atoms with Crippen LogP contribution in [0.4, 0.5) is 13.2 Å². The summed E-state index contributed by atoms with van der Waals surface area (Å²) in [5.74, 6) is -4.92. The highest BCUT2D eigenvalue weighted by atomic mass is 32.2. The van der Waals surface area contributed by atoms with Gasteiger partial charge < -0.3 is 15.3 Å². The number of nitrogens with zero attached hydrogens (tertiary/aromatic N) is 1. The average molecular weight is 402 g/mol. The molecule has 146 valence electrons. The molecule has 5 atom stereocenters. The lowest BCUT2D eigenvalue weighted by atomic mass is 9.83. The third kappa shape index (κ3) is 3.62. The standard InChI is InChI=1S/C17H17F3N2O4S/c1-8-13(15(24)25)22-11(27-8)7-10(9-5-3-2-4-6-9)12(14(22)23)21-16(26)17(18,19)20/h2-6,8,10-13H,7H2,1H3,(H,21,26)(H,24,25)/t8-,10-,11-,12-,13-/m0/s1. The number of alkyl halides is 3. The summed E-state index contributed by atoms with van der Waals surface area (Å²) in [6.07, 6.45) is -4.89. The maximum absolute atomic E-state index is 13.0. The molecule has 1 aromatic rings. The number of thioether (sulfide) groups is 1. The minimum atomic E-state index is -5.14. The minimum absolute atomic E-state index is 0.247. The van der Waals surface area contributed by atoms with Gasteiger partial charge in [0.25, 0.3) is 0 Å². The van der Waals surface area contributed by atoms with E-state index < -0.39 is 52.6 Å². The van der Waals surface area contributed by atoms with E-state index in [0.29, 0.717) is 5.56 Å². The quantitative estimate of drug-likeness (QED) is 0.807. The molecule has 0 radical (unpaired) electrons. The van der Waals surface area contributed by atoms with Crippen LogP contribution in [0.1, 0.15) is 24.8 Å². The van der Waals surface area contributed by atoms with Crippen LogP contribution >= 0.6 is 11.8 Å². The van der Waals surface area contributed by atoms with E-state index in [1.54, 1.807) is 42.6 Å². The molecule has 0 bridgehead atoms. The Morgan fingerprint density at radius 3 is 2.44 bits per heavy atom. The second-order valence-corrected chi connectivity index (χ2v) is 8.09. The number of nitrogens with one attached hydrogen (secondary N) is 1. The maximum atomic E-state index is 13.0. The number of piperidine rings is 1. The number of hydrogen-bond donors (Lipinski definition) is 2. The maximum Gasteiger partial charge on any atom is 0.471 e. The normalized spacial score (nSPS) is 30.7. The van der Waals surface area contributed by atoms with Gasteiger partial charge in [-0.05, 0) is 12.0 Å². The Bertz CT molecular complexity index is 758. The second kappa shape index (κ2) is 7.06. The van der Waals surface area contributed by atoms with Crippen molar-refractivity contribution in [1.82, 2.24) is 10.2 Å². The number of halogens is 3. The molecule has 3 rings (SSSR count). The zero-order valence-electron chi connectivity index (χ0n) is 14.1. The fourth-order valence-corrected chi connectivity index (χ4v) is 5.24. The number of fused-ring (bicyclic) bond motifs is 1. The molecule has 0 spiro atoms. The van der Waals surface area contributed by atoms with Crippen LogP contribution in [0.15, 0.2) is 30.3 Å². The molecule has 2 aliphatic rings. The molecular weight excluding hydrogens is 385 g/mol. The Morgan fingerprint density at radius 1 is 1.26 bits per heavy atom. The highest BCUT2D eigenvalue weighted by molar-refractivity contribution is 8.00. The first kappa shape index (κ1) is 19.5. The molecule has 10 heteroatoms. The molecule has 1 aromatic carbocycles. The summed E-state index contributed by atoms with van der Waals surface area (Å²) in [6, 6.07) is 5.85. The number of carbonyl (C=O) groups is 3. The SMILES string of the molecule is C[C@@H]1S[C@H]2C[C@@H](c3ccccc3)[C@H](NC(=O)C(F)(F)F)C(=O)N2[C@@H]1C(=O)O. The molecule has 6 nitrogen and oxygen atoms in total. The zero-order valence-corrected chi connectivity index (χ0v) is 15.0. The highest BCUT2D eigenvalue weighted by Crippen LogP contribution is 2.45. The largest absolute Gasteiger partial charge is 0.480 e. The molecule has 2 amide bonds. The number of hydrogen-bond acceptors (Lipinski definition) is 4. The fourth-order valence-electron chi connectivity index (χ4n) is 3.66. The Hall–Kier alpha value is -2.23. The molecule has 27 heavy (non-hydrogen) atoms. The monoisotopic (exact) mass is 402 g/mol. The molecular formula is C17H17F3N2O4S. The second-order valence-electron chi connectivity index (χ2n) is 6.53. The van der Waals surface area contributed by atoms with Crippen molar-refractivity contribution in [2.45, 2.75) is 48.1 Å². The Kier molecular flexibility index (Phi) is 5.11. The number of amides is 2. The summed E-state index contributed by atoms with van der Waals surface area (Å²) < 4.78 is 38.3. The first-order valence-electron chi connectivity index (χ1n) is 8.24. The predicted octanol–water partition coefficient (Wildman–Crippen LogP) is 1.96. The van der Waals surface area contributed by atoms with Crippen molar-refractivity contribution < 1.29 is 32.7 Å². The van der Waals surface area contributed by atoms with Crippen molar-refractivity contribution in [3.8, 4) is 0 Å². The van der Waals surface area contributed by atoms with Gasteiger partial charge in [0.1, 0.15) is 12.1 Å². The molecule has 0 unspecified atom stereocenters. The number of aliphatic carboxylic acids is 1. The van der Waals surface area contributed by atoms with E-state index in [1.165, 1.54) is 11.8 Å². The van der Waals surface area contributed by atoms with Crippen molar-refractivity contribution in [3.05, 3.63) is 35.9 Å². The van der Waals surface area contributed by atoms with Gasteiger partial charge in [0, 0.05) is 11.2 Å². The molecule has 2 aliphatic heterocycles. The average Bonchev–Trinajstić information content (AvgIpc) is 2.93. The van der Waals surface area contributed by atoms with Crippen molar-refractivity contribution >= 4 is 29.5 Å². The van der Waals surface area contributed by atoms with Gasteiger partial charge in [-0.1, -0.05) is 37.3 Å². The van der Waals surface area contributed by atoms with Crippen molar-refractivity contribution in [3.63, 3.8) is 0 Å². The summed E-state index contributed by atoms with van der Waals surface area (Å²) in [6.45, 7) is 1.66. The number of benzene rings is 1. The summed E-state index contributed by atoms with van der Waals surface area (Å²) in [5.41, 5.74) is 0.616. The molecule has 2 fully saturated rings. The summed E-state index contributed by atoms with van der Waals surface area (Å²) in [5, 5.41) is 10.3. The van der Waals surface area contributed by atoms with Crippen molar-refractivity contribution in [2.24, 2.45) is 0 Å². The van der Waals surface area contributed by atoms with E-state index in [2.05, 4.69) is 0 Å². The van der Waals surface area contributed by atoms with Crippen LogP contribution in [0, 0.1) is 0 Å². The van der Waals surface area contributed by atoms with E-state index in [-0.39, 0.29) is 6.42 Å². The topological polar surface area (TPSA) is 86.7 Å². The van der Waals surface area contributed by atoms with Gasteiger partial charge in [-0.25, -0.2) is 4.79 Å². The van der Waals surface area contributed by atoms with Gasteiger partial charge in [-0.15, -0.1) is 11.8 Å². The Morgan fingerprint density at radius 2 is 1.89 bits per heavy atom. The van der Waals surface area contributed by atoms with E-state index in [9.17, 15) is 32.7 Å². The third-order valence-electron chi connectivity index (χ3n) is 4.83. The van der Waals surface area contributed by atoms with E-state index >= 15 is 0 Å². The lowest BCUT2D eigenvalue weighted by Gasteiger charge is -2.41. The van der Waals surface area contributed by atoms with Gasteiger partial charge in [-0.3, -0.25) is 9.59 Å². The first-order chi connectivity index (χ1) is 12.6. The smallest absolute Gasteiger partial charge is 0.471 e. The van der Waals surface area contributed by atoms with Gasteiger partial charge in [-0.2, -0.15) is 13.2 Å². The Labute approximate surface area is 157 Å². The van der Waals surface area contributed by atoms with Crippen molar-refractivity contribution in [1.29, 1.82) is 0 Å². The number of rotatable bonds is 3. The minimum Gasteiger partial charge on any atom is -0.480 e. The van der Waals surface area contributed by atoms with E-state index in [0.717, 1.165) is 4.90 Å². The van der Waals surface area contributed by atoms with Gasteiger partial charge >= 0.3 is 18.1 Å². The molecule has 0 aromatic heterocycles. The van der Waals surface area contributed by atoms with Crippen LogP contribution in [-0.2, 0) is 14.4 Å². The fraction of sp³-hybridized carbons (Fsp3) is 0.471. The lowest BCUT2D eigenvalue weighted by Crippen LogP contribution is -2.61. The predicted molar refractivity (Wildman–Crippen MR) is 90.9 cm³/mol. The van der Waals surface area contributed by atoms with Crippen LogP contribution in [0.25, 0.3) is 0 Å². The van der Waals surface area contributed by atoms with Gasteiger partial charge in [0.2, 0.25) is 5.91 Å². The van der Waals surface area contributed by atoms with Crippen LogP contribution in [-0.4, -0.2) is 56.7 Å². The number of carbonyl (C=O) groups excluding carboxylic acids is 2. The molecule has 0 saturated carbocycles. The summed E-state index contributed by atoms with van der Waals surface area (Å²) >= 11 is 1.30. The van der Waals surface area contributed by atoms with E-state index in [4.69, 9.17) is 0 Å². The molecule has 0 aliphatic carbocycles. The van der Waals surface area contributed by atoms with Crippen LogP contribution in [0.5, 0.6) is 0 Å². The molecule has 2 N–H and O–H groups in total.